The first-order valence-corrected chi connectivity index (χ1v) is 4.11. The third-order valence-electron chi connectivity index (χ3n) is 2.18. The Morgan fingerprint density at radius 2 is 2.27 bits per heavy atom. The van der Waals surface area contributed by atoms with Gasteiger partial charge in [-0.15, -0.1) is 0 Å². The lowest BCUT2D eigenvalue weighted by Crippen LogP contribution is -2.48. The summed E-state index contributed by atoms with van der Waals surface area (Å²) in [5.41, 5.74) is 0. The van der Waals surface area contributed by atoms with Gasteiger partial charge in [0.2, 0.25) is 0 Å². The SMILES string of the molecule is COC1CC(NC(C)CF)C1. The van der Waals surface area contributed by atoms with E-state index in [0.717, 1.165) is 12.8 Å². The molecule has 3 heteroatoms. The van der Waals surface area contributed by atoms with Crippen LogP contribution in [0.15, 0.2) is 0 Å². The zero-order valence-electron chi connectivity index (χ0n) is 7.14. The van der Waals surface area contributed by atoms with Crippen LogP contribution in [0.3, 0.4) is 0 Å². The Bertz CT molecular complexity index is 115. The van der Waals surface area contributed by atoms with Crippen molar-refractivity contribution in [3.05, 3.63) is 0 Å². The summed E-state index contributed by atoms with van der Waals surface area (Å²) in [6, 6.07) is 0.475. The first-order valence-electron chi connectivity index (χ1n) is 4.11. The van der Waals surface area contributed by atoms with Crippen LogP contribution in [0.4, 0.5) is 4.39 Å². The molecule has 0 aromatic heterocycles. The lowest BCUT2D eigenvalue weighted by atomic mass is 9.89. The maximum Gasteiger partial charge on any atom is 0.104 e. The molecule has 1 atom stereocenters. The Morgan fingerprint density at radius 3 is 2.73 bits per heavy atom. The summed E-state index contributed by atoms with van der Waals surface area (Å²) >= 11 is 0. The molecular formula is C8H16FNO. The molecule has 1 saturated carbocycles. The normalized spacial score (nSPS) is 33.0. The number of rotatable bonds is 4. The van der Waals surface area contributed by atoms with Gasteiger partial charge in [0, 0.05) is 19.2 Å². The maximum absolute atomic E-state index is 12.0. The second-order valence-electron chi connectivity index (χ2n) is 3.25. The van der Waals surface area contributed by atoms with Gasteiger partial charge in [0.1, 0.15) is 6.67 Å². The van der Waals surface area contributed by atoms with E-state index in [-0.39, 0.29) is 12.7 Å². The number of methoxy groups -OCH3 is 1. The maximum atomic E-state index is 12.0. The fourth-order valence-corrected chi connectivity index (χ4v) is 1.34. The minimum absolute atomic E-state index is 0.00203. The second kappa shape index (κ2) is 4.02. The van der Waals surface area contributed by atoms with Gasteiger partial charge in [-0.05, 0) is 19.8 Å². The van der Waals surface area contributed by atoms with Crippen LogP contribution in [0, 0.1) is 0 Å². The van der Waals surface area contributed by atoms with Gasteiger partial charge < -0.3 is 10.1 Å². The van der Waals surface area contributed by atoms with Crippen molar-refractivity contribution in [2.24, 2.45) is 0 Å². The molecule has 0 amide bonds. The average Bonchev–Trinajstić information content (AvgIpc) is 1.95. The lowest BCUT2D eigenvalue weighted by molar-refractivity contribution is 0.0140. The van der Waals surface area contributed by atoms with Crippen LogP contribution in [-0.4, -0.2) is 32.0 Å². The smallest absolute Gasteiger partial charge is 0.104 e. The van der Waals surface area contributed by atoms with Crippen molar-refractivity contribution in [2.75, 3.05) is 13.8 Å². The van der Waals surface area contributed by atoms with Gasteiger partial charge in [0.25, 0.3) is 0 Å². The van der Waals surface area contributed by atoms with E-state index in [1.807, 2.05) is 6.92 Å². The summed E-state index contributed by atoms with van der Waals surface area (Å²) in [6.07, 6.45) is 2.46. The van der Waals surface area contributed by atoms with E-state index in [1.54, 1.807) is 7.11 Å². The molecule has 0 aromatic carbocycles. The van der Waals surface area contributed by atoms with E-state index < -0.39 is 0 Å². The summed E-state index contributed by atoms with van der Waals surface area (Å²) < 4.78 is 17.1. The van der Waals surface area contributed by atoms with Crippen molar-refractivity contribution in [3.63, 3.8) is 0 Å². The van der Waals surface area contributed by atoms with Crippen LogP contribution in [0.25, 0.3) is 0 Å². The first-order chi connectivity index (χ1) is 5.26. The summed E-state index contributed by atoms with van der Waals surface area (Å²) in [6.45, 7) is 1.58. The lowest BCUT2D eigenvalue weighted by Gasteiger charge is -2.36. The quantitative estimate of drug-likeness (QED) is 0.667. The van der Waals surface area contributed by atoms with E-state index in [9.17, 15) is 4.39 Å². The van der Waals surface area contributed by atoms with Crippen LogP contribution in [0.2, 0.25) is 0 Å². The monoisotopic (exact) mass is 161 g/mol. The van der Waals surface area contributed by atoms with Gasteiger partial charge in [-0.1, -0.05) is 0 Å². The fourth-order valence-electron chi connectivity index (χ4n) is 1.34. The molecule has 0 aliphatic heterocycles. The standard InChI is InChI=1S/C8H16FNO/c1-6(5-9)10-7-3-8(4-7)11-2/h6-8,10H,3-5H2,1-2H3. The number of hydrogen-bond donors (Lipinski definition) is 1. The predicted molar refractivity (Wildman–Crippen MR) is 42.4 cm³/mol. The summed E-state index contributed by atoms with van der Waals surface area (Å²) in [7, 11) is 1.72. The van der Waals surface area contributed by atoms with Crippen LogP contribution in [-0.2, 0) is 4.74 Å². The molecule has 1 fully saturated rings. The first kappa shape index (κ1) is 8.94. The van der Waals surface area contributed by atoms with Crippen LogP contribution < -0.4 is 5.32 Å². The Hall–Kier alpha value is -0.150. The van der Waals surface area contributed by atoms with E-state index in [1.165, 1.54) is 0 Å². The zero-order valence-corrected chi connectivity index (χ0v) is 7.14. The number of alkyl halides is 1. The minimum atomic E-state index is -0.284. The molecule has 0 heterocycles. The van der Waals surface area contributed by atoms with Gasteiger partial charge in [0.15, 0.2) is 0 Å². The minimum Gasteiger partial charge on any atom is -0.381 e. The molecule has 1 unspecified atom stereocenters. The van der Waals surface area contributed by atoms with E-state index >= 15 is 0 Å². The fraction of sp³-hybridized carbons (Fsp3) is 1.00. The molecule has 66 valence electrons. The van der Waals surface area contributed by atoms with Crippen LogP contribution in [0.5, 0.6) is 0 Å². The van der Waals surface area contributed by atoms with Crippen molar-refractivity contribution in [2.45, 2.75) is 38.0 Å². The van der Waals surface area contributed by atoms with Crippen molar-refractivity contribution in [1.82, 2.24) is 5.32 Å². The summed E-state index contributed by atoms with van der Waals surface area (Å²) in [5, 5.41) is 3.18. The Labute approximate surface area is 67.1 Å². The molecular weight excluding hydrogens is 145 g/mol. The number of nitrogens with one attached hydrogen (secondary N) is 1. The molecule has 0 saturated heterocycles. The van der Waals surface area contributed by atoms with Gasteiger partial charge in [-0.2, -0.15) is 0 Å². The number of ether oxygens (including phenoxy) is 1. The molecule has 0 spiro atoms. The second-order valence-corrected chi connectivity index (χ2v) is 3.25. The van der Waals surface area contributed by atoms with E-state index in [0.29, 0.717) is 12.1 Å². The predicted octanol–water partition coefficient (Wildman–Crippen LogP) is 1.11. The average molecular weight is 161 g/mol. The highest BCUT2D eigenvalue weighted by Crippen LogP contribution is 2.22. The highest BCUT2D eigenvalue weighted by Gasteiger charge is 2.29. The summed E-state index contributed by atoms with van der Waals surface area (Å²) in [5.74, 6) is 0. The Kier molecular flexibility index (Phi) is 3.27. The molecule has 11 heavy (non-hydrogen) atoms. The highest BCUT2D eigenvalue weighted by atomic mass is 19.1. The molecule has 0 radical (unpaired) electrons. The van der Waals surface area contributed by atoms with Crippen LogP contribution >= 0.6 is 0 Å². The molecule has 2 nitrogen and oxygen atoms in total. The largest absolute Gasteiger partial charge is 0.381 e. The van der Waals surface area contributed by atoms with E-state index in [2.05, 4.69) is 5.32 Å². The molecule has 1 N–H and O–H groups in total. The van der Waals surface area contributed by atoms with Gasteiger partial charge in [-0.3, -0.25) is 0 Å². The van der Waals surface area contributed by atoms with E-state index in [4.69, 9.17) is 4.74 Å². The van der Waals surface area contributed by atoms with Gasteiger partial charge in [0.05, 0.1) is 6.10 Å². The van der Waals surface area contributed by atoms with Crippen molar-refractivity contribution < 1.29 is 9.13 Å². The van der Waals surface area contributed by atoms with Crippen molar-refractivity contribution >= 4 is 0 Å². The molecule has 0 aromatic rings. The topological polar surface area (TPSA) is 21.3 Å². The van der Waals surface area contributed by atoms with Crippen LogP contribution in [0.1, 0.15) is 19.8 Å². The molecule has 1 aliphatic rings. The number of hydrogen-bond acceptors (Lipinski definition) is 2. The number of halogens is 1. The van der Waals surface area contributed by atoms with Gasteiger partial charge in [-0.25, -0.2) is 4.39 Å². The molecule has 1 aliphatic carbocycles. The third-order valence-corrected chi connectivity index (χ3v) is 2.18. The highest BCUT2D eigenvalue weighted by molar-refractivity contribution is 4.87. The summed E-state index contributed by atoms with van der Waals surface area (Å²) in [4.78, 5) is 0. The molecule has 1 rings (SSSR count). The van der Waals surface area contributed by atoms with Crippen molar-refractivity contribution in [3.8, 4) is 0 Å². The Morgan fingerprint density at radius 1 is 1.64 bits per heavy atom. The Balaban J connectivity index is 2.04. The zero-order chi connectivity index (χ0) is 8.27. The third kappa shape index (κ3) is 2.42. The van der Waals surface area contributed by atoms with Crippen molar-refractivity contribution in [1.29, 1.82) is 0 Å². The molecule has 0 bridgehead atoms. The van der Waals surface area contributed by atoms with Gasteiger partial charge >= 0.3 is 0 Å².